The van der Waals surface area contributed by atoms with Gasteiger partial charge in [0.05, 0.1) is 15.1 Å². The van der Waals surface area contributed by atoms with Crippen molar-refractivity contribution in [2.45, 2.75) is 6.92 Å². The summed E-state index contributed by atoms with van der Waals surface area (Å²) in [5.41, 5.74) is -0.0183. The largest absolute Gasteiger partial charge is 0.501 e. The Kier molecular flexibility index (Phi) is 8.69. The zero-order valence-electron chi connectivity index (χ0n) is 14.5. The predicted octanol–water partition coefficient (Wildman–Crippen LogP) is 4.27. The van der Waals surface area contributed by atoms with Gasteiger partial charge in [-0.05, 0) is 71.5 Å². The fourth-order valence-electron chi connectivity index (χ4n) is 2.14. The highest BCUT2D eigenvalue weighted by atomic mass is 127. The van der Waals surface area contributed by atoms with Crippen molar-refractivity contribution in [3.63, 3.8) is 0 Å². The van der Waals surface area contributed by atoms with Crippen LogP contribution in [0.2, 0.25) is 0 Å². The molecule has 28 heavy (non-hydrogen) atoms. The molecule has 0 saturated heterocycles. The molecule has 0 fully saturated rings. The number of nitrogens with zero attached hydrogens (tertiary/aromatic N) is 2. The maximum Gasteiger partial charge on any atom is 0.312 e. The second-order valence-electron chi connectivity index (χ2n) is 5.21. The molecule has 0 aliphatic carbocycles. The second kappa shape index (κ2) is 10.5. The molecule has 2 N–H and O–H groups in total. The number of nitriles is 1. The Morgan fingerprint density at radius 2 is 2.04 bits per heavy atom. The Morgan fingerprint density at radius 3 is 2.57 bits per heavy atom. The van der Waals surface area contributed by atoms with Gasteiger partial charge in [0.25, 0.3) is 5.91 Å². The first-order valence-electron chi connectivity index (χ1n) is 7.68. The van der Waals surface area contributed by atoms with Gasteiger partial charge in [-0.1, -0.05) is 0 Å². The number of hydrogen-bond acceptors (Lipinski definition) is 6. The molecule has 146 valence electrons. The summed E-state index contributed by atoms with van der Waals surface area (Å²) in [4.78, 5) is 22.6. The van der Waals surface area contributed by atoms with Gasteiger partial charge in [-0.25, -0.2) is 0 Å². The first kappa shape index (κ1) is 23.2. The van der Waals surface area contributed by atoms with Crippen LogP contribution in [0.15, 0.2) is 42.0 Å². The highest BCUT2D eigenvalue weighted by Gasteiger charge is 2.18. The van der Waals surface area contributed by atoms with Crippen LogP contribution in [0.4, 0.5) is 11.4 Å². The van der Waals surface area contributed by atoms with Gasteiger partial charge >= 0.3 is 5.69 Å². The molecular formula is C18H15ClIN3O5. The molecule has 2 aromatic rings. The number of ether oxygens (including phenoxy) is 1. The van der Waals surface area contributed by atoms with Crippen LogP contribution in [0.25, 0.3) is 6.08 Å². The van der Waals surface area contributed by atoms with E-state index in [1.807, 2.05) is 6.92 Å². The fourth-order valence-corrected chi connectivity index (χ4v) is 2.78. The van der Waals surface area contributed by atoms with Gasteiger partial charge in [-0.3, -0.25) is 14.9 Å². The molecular weight excluding hydrogens is 501 g/mol. The summed E-state index contributed by atoms with van der Waals surface area (Å²) in [6.07, 6.45) is 1.22. The number of phenols is 1. The van der Waals surface area contributed by atoms with Crippen LogP contribution in [0.3, 0.4) is 0 Å². The fraction of sp³-hybridized carbons (Fsp3) is 0.111. The highest BCUT2D eigenvalue weighted by Crippen LogP contribution is 2.33. The molecule has 2 rings (SSSR count). The monoisotopic (exact) mass is 515 g/mol. The van der Waals surface area contributed by atoms with Crippen molar-refractivity contribution in [2.75, 3.05) is 11.9 Å². The van der Waals surface area contributed by atoms with E-state index in [1.54, 1.807) is 52.9 Å². The number of hydrogen-bond donors (Lipinski definition) is 2. The van der Waals surface area contributed by atoms with E-state index in [1.165, 1.54) is 12.1 Å². The van der Waals surface area contributed by atoms with Crippen LogP contribution in [0, 0.1) is 25.0 Å². The van der Waals surface area contributed by atoms with E-state index in [2.05, 4.69) is 5.32 Å². The third kappa shape index (κ3) is 5.83. The Bertz CT molecular complexity index is 955. The van der Waals surface area contributed by atoms with E-state index in [4.69, 9.17) is 4.74 Å². The Balaban J connectivity index is 0.00000392. The van der Waals surface area contributed by atoms with Crippen LogP contribution in [0.5, 0.6) is 11.5 Å². The number of nitro groups is 1. The normalized spacial score (nSPS) is 10.4. The van der Waals surface area contributed by atoms with E-state index in [0.29, 0.717) is 18.0 Å². The molecule has 10 heteroatoms. The van der Waals surface area contributed by atoms with Crippen molar-refractivity contribution in [1.82, 2.24) is 0 Å². The number of rotatable bonds is 6. The van der Waals surface area contributed by atoms with Crippen LogP contribution in [-0.4, -0.2) is 22.5 Å². The maximum absolute atomic E-state index is 12.3. The molecule has 0 heterocycles. The molecule has 0 bridgehead atoms. The molecule has 1 amide bonds. The zero-order valence-corrected chi connectivity index (χ0v) is 17.5. The van der Waals surface area contributed by atoms with Crippen molar-refractivity contribution >= 4 is 58.4 Å². The summed E-state index contributed by atoms with van der Waals surface area (Å²) in [6, 6.07) is 10.9. The number of carbonyl (C=O) groups excluding carboxylic acids is 1. The summed E-state index contributed by atoms with van der Waals surface area (Å²) in [7, 11) is 0. The first-order valence-corrected chi connectivity index (χ1v) is 8.76. The van der Waals surface area contributed by atoms with Crippen molar-refractivity contribution in [2.24, 2.45) is 0 Å². The van der Waals surface area contributed by atoms with Gasteiger partial charge < -0.3 is 15.2 Å². The van der Waals surface area contributed by atoms with Crippen LogP contribution < -0.4 is 10.1 Å². The lowest BCUT2D eigenvalue weighted by Crippen LogP contribution is -2.13. The molecule has 0 aromatic heterocycles. The molecule has 0 spiro atoms. The lowest BCUT2D eigenvalue weighted by molar-refractivity contribution is -0.386. The molecule has 2 aromatic carbocycles. The number of anilines is 1. The minimum absolute atomic E-state index is 0. The number of amides is 1. The van der Waals surface area contributed by atoms with Gasteiger partial charge in [-0.15, -0.1) is 12.4 Å². The van der Waals surface area contributed by atoms with Crippen LogP contribution in [-0.2, 0) is 4.79 Å². The number of nitro benzene ring substituents is 1. The molecule has 0 radical (unpaired) electrons. The standard InChI is InChI=1S/C18H14IN3O5.ClH/c1-2-27-14-5-3-13(4-6-14)21-18(24)12(10-20)7-11-8-15(19)17(23)16(9-11)22(25)26;/h3-9,23H,2H2,1H3,(H,21,24);1H. The minimum atomic E-state index is -0.735. The van der Waals surface area contributed by atoms with Gasteiger partial charge in [-0.2, -0.15) is 5.26 Å². The summed E-state index contributed by atoms with van der Waals surface area (Å²) >= 11 is 1.73. The third-order valence-corrected chi connectivity index (χ3v) is 4.18. The van der Waals surface area contributed by atoms with E-state index in [0.717, 1.165) is 6.07 Å². The molecule has 0 aliphatic heterocycles. The van der Waals surface area contributed by atoms with Gasteiger partial charge in [0.1, 0.15) is 17.4 Å². The number of phenolic OH excluding ortho intramolecular Hbond substituents is 1. The van der Waals surface area contributed by atoms with E-state index in [9.17, 15) is 25.3 Å². The first-order chi connectivity index (χ1) is 12.8. The van der Waals surface area contributed by atoms with Crippen molar-refractivity contribution < 1.29 is 19.6 Å². The topological polar surface area (TPSA) is 125 Å². The zero-order chi connectivity index (χ0) is 20.0. The quantitative estimate of drug-likeness (QED) is 0.195. The third-order valence-electron chi connectivity index (χ3n) is 3.36. The summed E-state index contributed by atoms with van der Waals surface area (Å²) < 4.78 is 5.55. The molecule has 0 unspecified atom stereocenters. The van der Waals surface area contributed by atoms with E-state index in [-0.39, 0.29) is 27.1 Å². The van der Waals surface area contributed by atoms with Crippen molar-refractivity contribution in [1.29, 1.82) is 5.26 Å². The maximum atomic E-state index is 12.3. The lowest BCUT2D eigenvalue weighted by atomic mass is 10.1. The van der Waals surface area contributed by atoms with Crippen LogP contribution in [0.1, 0.15) is 12.5 Å². The number of halogens is 2. The average Bonchev–Trinajstić information content (AvgIpc) is 2.63. The van der Waals surface area contributed by atoms with E-state index < -0.39 is 22.3 Å². The van der Waals surface area contributed by atoms with E-state index >= 15 is 0 Å². The SMILES string of the molecule is CCOc1ccc(NC(=O)C(C#N)=Cc2cc(I)c(O)c([N+](=O)[O-])c2)cc1.Cl. The Morgan fingerprint density at radius 1 is 1.39 bits per heavy atom. The Hall–Kier alpha value is -2.84. The summed E-state index contributed by atoms with van der Waals surface area (Å²) in [5.74, 6) is -0.472. The number of benzene rings is 2. The van der Waals surface area contributed by atoms with Gasteiger partial charge in [0, 0.05) is 11.8 Å². The average molecular weight is 516 g/mol. The molecule has 0 atom stereocenters. The van der Waals surface area contributed by atoms with Crippen molar-refractivity contribution in [3.8, 4) is 17.6 Å². The summed E-state index contributed by atoms with van der Waals surface area (Å²) in [6.45, 7) is 2.37. The minimum Gasteiger partial charge on any atom is -0.501 e. The molecule has 0 saturated carbocycles. The smallest absolute Gasteiger partial charge is 0.312 e. The van der Waals surface area contributed by atoms with Crippen molar-refractivity contribution in [3.05, 3.63) is 61.2 Å². The molecule has 8 nitrogen and oxygen atoms in total. The number of nitrogens with one attached hydrogen (secondary N) is 1. The predicted molar refractivity (Wildman–Crippen MR) is 115 cm³/mol. The van der Waals surface area contributed by atoms with Crippen LogP contribution >= 0.6 is 35.0 Å². The number of aromatic hydroxyl groups is 1. The second-order valence-corrected chi connectivity index (χ2v) is 6.37. The lowest BCUT2D eigenvalue weighted by Gasteiger charge is -2.07. The van der Waals surface area contributed by atoms with Gasteiger partial charge in [0.15, 0.2) is 0 Å². The van der Waals surface area contributed by atoms with Gasteiger partial charge in [0.2, 0.25) is 5.75 Å². The highest BCUT2D eigenvalue weighted by molar-refractivity contribution is 14.1. The summed E-state index contributed by atoms with van der Waals surface area (Å²) in [5, 5.41) is 32.6. The number of carbonyl (C=O) groups is 1. The molecule has 0 aliphatic rings. The Labute approximate surface area is 180 Å².